The predicted molar refractivity (Wildman–Crippen MR) is 94.0 cm³/mol. The molecular weight excluding hydrogens is 340 g/mol. The van der Waals surface area contributed by atoms with Crippen LogP contribution in [0.4, 0.5) is 0 Å². The van der Waals surface area contributed by atoms with Crippen LogP contribution in [0.2, 0.25) is 0 Å². The quantitative estimate of drug-likeness (QED) is 0.758. The van der Waals surface area contributed by atoms with E-state index < -0.39 is 10.0 Å². The Hall–Kier alpha value is -2.56. The number of hydrogen-bond acceptors (Lipinski definition) is 5. The summed E-state index contributed by atoms with van der Waals surface area (Å²) < 4.78 is 36.8. The molecule has 0 aliphatic rings. The lowest BCUT2D eigenvalue weighted by Crippen LogP contribution is -2.22. The number of rotatable bonds is 7. The average molecular weight is 360 g/mol. The fourth-order valence-corrected chi connectivity index (χ4v) is 3.11. The molecule has 0 atom stereocenters. The second-order valence-electron chi connectivity index (χ2n) is 5.43. The first-order chi connectivity index (χ1) is 11.9. The first-order valence-corrected chi connectivity index (χ1v) is 9.13. The molecule has 0 radical (unpaired) electrons. The summed E-state index contributed by atoms with van der Waals surface area (Å²) in [5.41, 5.74) is 1.20. The van der Waals surface area contributed by atoms with Gasteiger partial charge in [-0.05, 0) is 36.8 Å². The maximum Gasteiger partial charge on any atom is 0.242 e. The van der Waals surface area contributed by atoms with Gasteiger partial charge in [-0.15, -0.1) is 0 Å². The molecule has 0 spiro atoms. The first kappa shape index (κ1) is 18.8. The van der Waals surface area contributed by atoms with Gasteiger partial charge in [-0.25, -0.2) is 12.7 Å². The number of hydrogen-bond donors (Lipinski definition) is 0. The summed E-state index contributed by atoms with van der Waals surface area (Å²) in [6.45, 7) is 2.48. The molecule has 0 bridgehead atoms. The zero-order valence-electron chi connectivity index (χ0n) is 14.4. The second kappa shape index (κ2) is 8.01. The fourth-order valence-electron chi connectivity index (χ4n) is 2.13. The molecule has 0 N–H and O–H groups in total. The maximum absolute atomic E-state index is 12.2. The molecule has 0 amide bonds. The van der Waals surface area contributed by atoms with Crippen LogP contribution in [0.1, 0.15) is 18.1 Å². The van der Waals surface area contributed by atoms with Crippen LogP contribution in [0.5, 0.6) is 11.5 Å². The van der Waals surface area contributed by atoms with Crippen molar-refractivity contribution in [1.29, 1.82) is 5.26 Å². The highest BCUT2D eigenvalue weighted by atomic mass is 32.2. The normalized spacial score (nSPS) is 11.2. The summed E-state index contributed by atoms with van der Waals surface area (Å²) in [5, 5.41) is 8.97. The van der Waals surface area contributed by atoms with Gasteiger partial charge in [-0.3, -0.25) is 0 Å². The molecule has 0 aromatic heterocycles. The fraction of sp³-hybridized carbons (Fsp3) is 0.278. The second-order valence-corrected chi connectivity index (χ2v) is 7.58. The van der Waals surface area contributed by atoms with Gasteiger partial charge in [0.15, 0.2) is 11.5 Å². The highest BCUT2D eigenvalue weighted by Crippen LogP contribution is 2.29. The van der Waals surface area contributed by atoms with Gasteiger partial charge in [0.25, 0.3) is 0 Å². The Balaban J connectivity index is 2.21. The molecule has 2 aromatic rings. The molecule has 25 heavy (non-hydrogen) atoms. The van der Waals surface area contributed by atoms with Crippen LogP contribution in [-0.4, -0.2) is 33.4 Å². The average Bonchev–Trinajstić information content (AvgIpc) is 2.61. The standard InChI is InChI=1S/C18H20N2O4S/c1-4-23-18-11-14(12-19)8-9-17(18)24-13-15-6-5-7-16(10-15)25(21,22)20(2)3/h5-11H,4,13H2,1-3H3. The molecule has 0 aliphatic heterocycles. The summed E-state index contributed by atoms with van der Waals surface area (Å²) in [7, 11) is -0.512. The SMILES string of the molecule is CCOc1cc(C#N)ccc1OCc1cccc(S(=O)(=O)N(C)C)c1. The molecule has 6 nitrogen and oxygen atoms in total. The van der Waals surface area contributed by atoms with E-state index in [4.69, 9.17) is 14.7 Å². The zero-order chi connectivity index (χ0) is 18.4. The largest absolute Gasteiger partial charge is 0.490 e. The van der Waals surface area contributed by atoms with Crippen LogP contribution in [-0.2, 0) is 16.6 Å². The molecule has 132 valence electrons. The Kier molecular flexibility index (Phi) is 6.02. The van der Waals surface area contributed by atoms with Crippen molar-refractivity contribution >= 4 is 10.0 Å². The van der Waals surface area contributed by atoms with E-state index in [-0.39, 0.29) is 11.5 Å². The van der Waals surface area contributed by atoms with Gasteiger partial charge in [0, 0.05) is 20.2 Å². The van der Waals surface area contributed by atoms with Crippen LogP contribution >= 0.6 is 0 Å². The van der Waals surface area contributed by atoms with E-state index in [1.54, 1.807) is 42.5 Å². The minimum absolute atomic E-state index is 0.183. The Morgan fingerprint density at radius 3 is 2.48 bits per heavy atom. The van der Waals surface area contributed by atoms with E-state index in [0.29, 0.717) is 23.7 Å². The van der Waals surface area contributed by atoms with E-state index >= 15 is 0 Å². The summed E-state index contributed by atoms with van der Waals surface area (Å²) in [6, 6.07) is 13.6. The van der Waals surface area contributed by atoms with Crippen molar-refractivity contribution in [3.8, 4) is 17.6 Å². The maximum atomic E-state index is 12.2. The van der Waals surface area contributed by atoms with Crippen LogP contribution in [0, 0.1) is 11.3 Å². The van der Waals surface area contributed by atoms with E-state index in [2.05, 4.69) is 6.07 Å². The highest BCUT2D eigenvalue weighted by Gasteiger charge is 2.17. The molecule has 2 aromatic carbocycles. The zero-order valence-corrected chi connectivity index (χ0v) is 15.2. The summed E-state index contributed by atoms with van der Waals surface area (Å²) in [6.07, 6.45) is 0. The summed E-state index contributed by atoms with van der Waals surface area (Å²) >= 11 is 0. The number of nitrogens with zero attached hydrogens (tertiary/aromatic N) is 2. The van der Waals surface area contributed by atoms with Gasteiger partial charge in [0.2, 0.25) is 10.0 Å². The molecule has 0 saturated carbocycles. The van der Waals surface area contributed by atoms with Gasteiger partial charge >= 0.3 is 0 Å². The number of sulfonamides is 1. The Morgan fingerprint density at radius 2 is 1.84 bits per heavy atom. The third kappa shape index (κ3) is 4.50. The molecule has 0 saturated heterocycles. The Bertz CT molecular complexity index is 886. The van der Waals surface area contributed by atoms with Crippen molar-refractivity contribution in [2.75, 3.05) is 20.7 Å². The van der Waals surface area contributed by atoms with Gasteiger partial charge in [-0.1, -0.05) is 12.1 Å². The number of ether oxygens (including phenoxy) is 2. The molecule has 0 heterocycles. The van der Waals surface area contributed by atoms with Crippen molar-refractivity contribution < 1.29 is 17.9 Å². The minimum Gasteiger partial charge on any atom is -0.490 e. The van der Waals surface area contributed by atoms with Crippen LogP contribution in [0.25, 0.3) is 0 Å². The lowest BCUT2D eigenvalue weighted by molar-refractivity contribution is 0.269. The molecule has 2 rings (SSSR count). The lowest BCUT2D eigenvalue weighted by Gasteiger charge is -2.14. The molecule has 0 fully saturated rings. The van der Waals surface area contributed by atoms with Gasteiger partial charge < -0.3 is 9.47 Å². The Morgan fingerprint density at radius 1 is 1.08 bits per heavy atom. The highest BCUT2D eigenvalue weighted by molar-refractivity contribution is 7.89. The molecular formula is C18H20N2O4S. The first-order valence-electron chi connectivity index (χ1n) is 7.69. The minimum atomic E-state index is -3.49. The third-order valence-electron chi connectivity index (χ3n) is 3.44. The van der Waals surface area contributed by atoms with Crippen molar-refractivity contribution in [3.63, 3.8) is 0 Å². The smallest absolute Gasteiger partial charge is 0.242 e. The summed E-state index contributed by atoms with van der Waals surface area (Å²) in [5.74, 6) is 0.986. The monoisotopic (exact) mass is 360 g/mol. The van der Waals surface area contributed by atoms with Crippen LogP contribution < -0.4 is 9.47 Å². The van der Waals surface area contributed by atoms with Crippen molar-refractivity contribution in [3.05, 3.63) is 53.6 Å². The van der Waals surface area contributed by atoms with E-state index in [9.17, 15) is 8.42 Å². The third-order valence-corrected chi connectivity index (χ3v) is 5.26. The van der Waals surface area contributed by atoms with E-state index in [1.807, 2.05) is 6.92 Å². The van der Waals surface area contributed by atoms with Crippen LogP contribution in [0.15, 0.2) is 47.4 Å². The number of benzene rings is 2. The molecule has 0 aliphatic carbocycles. The topological polar surface area (TPSA) is 79.6 Å². The van der Waals surface area contributed by atoms with Gasteiger partial charge in [0.05, 0.1) is 23.1 Å². The van der Waals surface area contributed by atoms with Crippen molar-refractivity contribution in [1.82, 2.24) is 4.31 Å². The van der Waals surface area contributed by atoms with Crippen molar-refractivity contribution in [2.45, 2.75) is 18.4 Å². The molecule has 0 unspecified atom stereocenters. The lowest BCUT2D eigenvalue weighted by atomic mass is 10.2. The van der Waals surface area contributed by atoms with Gasteiger partial charge in [-0.2, -0.15) is 5.26 Å². The van der Waals surface area contributed by atoms with E-state index in [0.717, 1.165) is 5.56 Å². The van der Waals surface area contributed by atoms with Gasteiger partial charge in [0.1, 0.15) is 6.61 Å². The van der Waals surface area contributed by atoms with E-state index in [1.165, 1.54) is 18.4 Å². The Labute approximate surface area is 148 Å². The number of nitriles is 1. The summed E-state index contributed by atoms with van der Waals surface area (Å²) in [4.78, 5) is 0.212. The molecule has 7 heteroatoms. The van der Waals surface area contributed by atoms with Crippen LogP contribution in [0.3, 0.4) is 0 Å². The predicted octanol–water partition coefficient (Wildman–Crippen LogP) is 2.79. The van der Waals surface area contributed by atoms with Crippen molar-refractivity contribution in [2.24, 2.45) is 0 Å².